The lowest BCUT2D eigenvalue weighted by Gasteiger charge is -2.17. The van der Waals surface area contributed by atoms with Crippen LogP contribution in [0.1, 0.15) is 12.0 Å². The Hall–Kier alpha value is -2.83. The molecule has 2 aromatic carbocycles. The largest absolute Gasteiger partial charge is 0.418 e. The Bertz CT molecular complexity index is 790. The zero-order valence-electron chi connectivity index (χ0n) is 13.1. The summed E-state index contributed by atoms with van der Waals surface area (Å²) >= 11 is 0. The molecule has 0 unspecified atom stereocenters. The summed E-state index contributed by atoms with van der Waals surface area (Å²) in [6.07, 6.45) is -4.60. The molecule has 0 bridgehead atoms. The van der Waals surface area contributed by atoms with Gasteiger partial charge < -0.3 is 10.2 Å². The summed E-state index contributed by atoms with van der Waals surface area (Å²) in [6, 6.07) is 13.6. The zero-order valence-corrected chi connectivity index (χ0v) is 13.1. The molecule has 0 radical (unpaired) electrons. The number of para-hydroxylation sites is 2. The van der Waals surface area contributed by atoms with E-state index in [0.29, 0.717) is 5.69 Å². The third-order valence-electron chi connectivity index (χ3n) is 4.05. The van der Waals surface area contributed by atoms with Crippen LogP contribution in [0.3, 0.4) is 0 Å². The van der Waals surface area contributed by atoms with Crippen molar-refractivity contribution in [2.24, 2.45) is 5.92 Å². The molecule has 3 rings (SSSR count). The fraction of sp³-hybridized carbons (Fsp3) is 0.222. The van der Waals surface area contributed by atoms with E-state index in [4.69, 9.17) is 0 Å². The quantitative estimate of drug-likeness (QED) is 0.920. The molecule has 0 aliphatic carbocycles. The van der Waals surface area contributed by atoms with Crippen molar-refractivity contribution in [1.29, 1.82) is 0 Å². The second-order valence-electron chi connectivity index (χ2n) is 5.77. The number of hydrogen-bond donors (Lipinski definition) is 1. The highest BCUT2D eigenvalue weighted by Crippen LogP contribution is 2.35. The molecule has 1 heterocycles. The van der Waals surface area contributed by atoms with Crippen LogP contribution in [0.15, 0.2) is 54.6 Å². The van der Waals surface area contributed by atoms with Gasteiger partial charge in [0.1, 0.15) is 0 Å². The molecule has 0 spiro atoms. The number of amides is 2. The molecule has 1 atom stereocenters. The number of carbonyl (C=O) groups excluding carboxylic acids is 2. The molecule has 2 amide bonds. The summed E-state index contributed by atoms with van der Waals surface area (Å²) in [7, 11) is 0. The predicted molar refractivity (Wildman–Crippen MR) is 87.0 cm³/mol. The van der Waals surface area contributed by atoms with E-state index in [0.717, 1.165) is 6.07 Å². The van der Waals surface area contributed by atoms with Gasteiger partial charge in [0.15, 0.2) is 0 Å². The first kappa shape index (κ1) is 17.0. The molecule has 1 saturated heterocycles. The number of hydrogen-bond acceptors (Lipinski definition) is 2. The van der Waals surface area contributed by atoms with Crippen molar-refractivity contribution in [2.75, 3.05) is 16.8 Å². The van der Waals surface area contributed by atoms with Gasteiger partial charge in [0.25, 0.3) is 0 Å². The number of nitrogens with one attached hydrogen (secondary N) is 1. The zero-order chi connectivity index (χ0) is 18.0. The van der Waals surface area contributed by atoms with E-state index in [1.807, 2.05) is 6.07 Å². The average Bonchev–Trinajstić information content (AvgIpc) is 2.97. The molecular formula is C18H15F3N2O2. The maximum atomic E-state index is 13.0. The summed E-state index contributed by atoms with van der Waals surface area (Å²) in [6.45, 7) is 0.142. The first-order valence-corrected chi connectivity index (χ1v) is 7.69. The number of anilines is 2. The fourth-order valence-electron chi connectivity index (χ4n) is 2.81. The first-order chi connectivity index (χ1) is 11.9. The van der Waals surface area contributed by atoms with Crippen molar-refractivity contribution in [3.05, 3.63) is 60.2 Å². The van der Waals surface area contributed by atoms with Gasteiger partial charge in [-0.15, -0.1) is 0 Å². The number of rotatable bonds is 3. The van der Waals surface area contributed by atoms with Crippen molar-refractivity contribution < 1.29 is 22.8 Å². The van der Waals surface area contributed by atoms with E-state index in [1.54, 1.807) is 24.3 Å². The van der Waals surface area contributed by atoms with E-state index in [2.05, 4.69) is 5.32 Å². The van der Waals surface area contributed by atoms with Crippen LogP contribution in [0.25, 0.3) is 0 Å². The number of halogens is 3. The second kappa shape index (κ2) is 6.58. The van der Waals surface area contributed by atoms with Crippen molar-refractivity contribution in [2.45, 2.75) is 12.6 Å². The van der Waals surface area contributed by atoms with Crippen LogP contribution < -0.4 is 10.2 Å². The summed E-state index contributed by atoms with van der Waals surface area (Å²) < 4.78 is 39.0. The summed E-state index contributed by atoms with van der Waals surface area (Å²) in [4.78, 5) is 26.0. The Morgan fingerprint density at radius 1 is 1.04 bits per heavy atom. The van der Waals surface area contributed by atoms with E-state index in [9.17, 15) is 22.8 Å². The van der Waals surface area contributed by atoms with Crippen LogP contribution in [0.5, 0.6) is 0 Å². The van der Waals surface area contributed by atoms with E-state index >= 15 is 0 Å². The SMILES string of the molecule is O=C(Nc1ccccc1C(F)(F)F)[C@H]1CC(=O)N(c2ccccc2)C1. The molecule has 2 aromatic rings. The van der Waals surface area contributed by atoms with Crippen LogP contribution in [-0.2, 0) is 15.8 Å². The van der Waals surface area contributed by atoms with Crippen LogP contribution >= 0.6 is 0 Å². The monoisotopic (exact) mass is 348 g/mol. The fourth-order valence-corrected chi connectivity index (χ4v) is 2.81. The predicted octanol–water partition coefficient (Wildman–Crippen LogP) is 3.70. The molecule has 0 aromatic heterocycles. The summed E-state index contributed by atoms with van der Waals surface area (Å²) in [5.41, 5.74) is -0.545. The van der Waals surface area contributed by atoms with Crippen LogP contribution in [0.4, 0.5) is 24.5 Å². The molecule has 130 valence electrons. The third-order valence-corrected chi connectivity index (χ3v) is 4.05. The molecule has 4 nitrogen and oxygen atoms in total. The minimum Gasteiger partial charge on any atom is -0.325 e. The van der Waals surface area contributed by atoms with Crippen molar-refractivity contribution >= 4 is 23.2 Å². The van der Waals surface area contributed by atoms with E-state index < -0.39 is 23.6 Å². The van der Waals surface area contributed by atoms with Gasteiger partial charge >= 0.3 is 6.18 Å². The number of benzene rings is 2. The van der Waals surface area contributed by atoms with Gasteiger partial charge in [0.05, 0.1) is 17.2 Å². The number of alkyl halides is 3. The molecule has 1 aliphatic rings. The molecule has 25 heavy (non-hydrogen) atoms. The highest BCUT2D eigenvalue weighted by molar-refractivity contribution is 6.03. The number of carbonyl (C=O) groups is 2. The molecule has 7 heteroatoms. The van der Waals surface area contributed by atoms with Crippen LogP contribution in [-0.4, -0.2) is 18.4 Å². The van der Waals surface area contributed by atoms with Crippen molar-refractivity contribution in [3.63, 3.8) is 0 Å². The lowest BCUT2D eigenvalue weighted by molar-refractivity contribution is -0.137. The maximum Gasteiger partial charge on any atom is 0.418 e. The first-order valence-electron chi connectivity index (χ1n) is 7.69. The molecule has 1 aliphatic heterocycles. The highest BCUT2D eigenvalue weighted by Gasteiger charge is 2.37. The highest BCUT2D eigenvalue weighted by atomic mass is 19.4. The van der Waals surface area contributed by atoms with Gasteiger partial charge in [0, 0.05) is 18.7 Å². The third kappa shape index (κ3) is 3.65. The minimum atomic E-state index is -4.56. The molecule has 1 N–H and O–H groups in total. The molecule has 1 fully saturated rings. The Labute approximate surface area is 142 Å². The maximum absolute atomic E-state index is 13.0. The minimum absolute atomic E-state index is 0.0328. The van der Waals surface area contributed by atoms with Crippen molar-refractivity contribution in [1.82, 2.24) is 0 Å². The van der Waals surface area contributed by atoms with Gasteiger partial charge in [-0.2, -0.15) is 13.2 Å². The standard InChI is InChI=1S/C18H15F3N2O2/c19-18(20,21)14-8-4-5-9-15(14)22-17(25)12-10-16(24)23(11-12)13-6-2-1-3-7-13/h1-9,12H,10-11H2,(H,22,25)/t12-/m0/s1. The second-order valence-corrected chi connectivity index (χ2v) is 5.77. The lowest BCUT2D eigenvalue weighted by Crippen LogP contribution is -2.28. The lowest BCUT2D eigenvalue weighted by atomic mass is 10.1. The van der Waals surface area contributed by atoms with E-state index in [1.165, 1.54) is 23.1 Å². The Kier molecular flexibility index (Phi) is 4.48. The molecular weight excluding hydrogens is 333 g/mol. The van der Waals surface area contributed by atoms with E-state index in [-0.39, 0.29) is 24.6 Å². The number of nitrogens with zero attached hydrogens (tertiary/aromatic N) is 1. The smallest absolute Gasteiger partial charge is 0.325 e. The van der Waals surface area contributed by atoms with Gasteiger partial charge in [-0.1, -0.05) is 30.3 Å². The molecule has 0 saturated carbocycles. The van der Waals surface area contributed by atoms with Crippen LogP contribution in [0.2, 0.25) is 0 Å². The average molecular weight is 348 g/mol. The van der Waals surface area contributed by atoms with Crippen LogP contribution in [0, 0.1) is 5.92 Å². The topological polar surface area (TPSA) is 49.4 Å². The van der Waals surface area contributed by atoms with Gasteiger partial charge in [0.2, 0.25) is 11.8 Å². The Balaban J connectivity index is 1.75. The van der Waals surface area contributed by atoms with Gasteiger partial charge in [-0.25, -0.2) is 0 Å². The van der Waals surface area contributed by atoms with Gasteiger partial charge in [-0.05, 0) is 24.3 Å². The van der Waals surface area contributed by atoms with Gasteiger partial charge in [-0.3, -0.25) is 9.59 Å². The Morgan fingerprint density at radius 2 is 1.68 bits per heavy atom. The Morgan fingerprint density at radius 3 is 2.36 bits per heavy atom. The summed E-state index contributed by atoms with van der Waals surface area (Å²) in [5.74, 6) is -1.52. The normalized spacial score (nSPS) is 17.6. The summed E-state index contributed by atoms with van der Waals surface area (Å²) in [5, 5.41) is 2.31. The van der Waals surface area contributed by atoms with Crippen molar-refractivity contribution in [3.8, 4) is 0 Å².